The highest BCUT2D eigenvalue weighted by molar-refractivity contribution is 7.80. The average Bonchev–Trinajstić information content (AvgIpc) is 1.66. The molecule has 1 heterocycles. The molecular weight excluding hydrogens is 1690 g/mol. The summed E-state index contributed by atoms with van der Waals surface area (Å²) in [5, 5.41) is 55.4. The maximum atomic E-state index is 14.4. The molecule has 704 valence electrons. The predicted octanol–water partition coefficient (Wildman–Crippen LogP) is 7.82. The molecule has 1 saturated heterocycles. The first-order valence-electron chi connectivity index (χ1n) is 43.6. The van der Waals surface area contributed by atoms with Crippen LogP contribution in [0, 0.1) is 47.3 Å². The van der Waals surface area contributed by atoms with Gasteiger partial charge in [-0.05, 0) is 187 Å². The Labute approximate surface area is 763 Å². The fourth-order valence-electron chi connectivity index (χ4n) is 14.5. The number of phenols is 3. The number of phenolic OH excluding ortho intramolecular Hbond substituents is 3. The Hall–Kier alpha value is -9.64. The molecule has 0 saturated carbocycles. The molecule has 4 aromatic rings. The number of carbonyl (C=O) groups excluding carboxylic acids is 14. The van der Waals surface area contributed by atoms with E-state index in [1.807, 2.05) is 86.6 Å². The number of benzene rings is 4. The molecular formula is C93H138ClN11O20S2. The Kier molecular flexibility index (Phi) is 50.3. The fourth-order valence-corrected chi connectivity index (χ4v) is 15.2. The van der Waals surface area contributed by atoms with Gasteiger partial charge in [-0.25, -0.2) is 0 Å². The van der Waals surface area contributed by atoms with Crippen LogP contribution in [0.1, 0.15) is 207 Å². The molecule has 127 heavy (non-hydrogen) atoms. The van der Waals surface area contributed by atoms with Crippen LogP contribution in [-0.4, -0.2) is 199 Å². The van der Waals surface area contributed by atoms with Gasteiger partial charge in [0.05, 0.1) is 46.9 Å². The fraction of sp³-hybridized carbons (Fsp3) is 0.581. The topological polar surface area (TPSA) is 526 Å². The summed E-state index contributed by atoms with van der Waals surface area (Å²) in [5.41, 5.74) is 25.7. The van der Waals surface area contributed by atoms with E-state index in [1.165, 1.54) is 55.1 Å². The second-order valence-electron chi connectivity index (χ2n) is 34.5. The third-order valence-electron chi connectivity index (χ3n) is 21.8. The summed E-state index contributed by atoms with van der Waals surface area (Å²) >= 11 is 14.8. The summed E-state index contributed by atoms with van der Waals surface area (Å²) in [6.07, 6.45) is 2.07. The molecule has 5 rings (SSSR count). The third kappa shape index (κ3) is 42.4. The maximum absolute atomic E-state index is 14.4. The van der Waals surface area contributed by atoms with Gasteiger partial charge in [-0.3, -0.25) is 67.1 Å². The lowest BCUT2D eigenvalue weighted by Gasteiger charge is -2.30. The monoisotopic (exact) mass is 1830 g/mol. The number of ether oxygens (including phenoxy) is 1. The van der Waals surface area contributed by atoms with Crippen LogP contribution < -0.4 is 54.8 Å². The number of hydrogen-bond acceptors (Lipinski definition) is 24. The van der Waals surface area contributed by atoms with E-state index in [2.05, 4.69) is 57.2 Å². The molecule has 31 nitrogen and oxygen atoms in total. The lowest BCUT2D eigenvalue weighted by atomic mass is 9.87. The standard InChI is InChI=1S/C43H61ClN6O11S.C34H53N3O7S.C16H24N2O2/c1-5-47-39(57)27(16-25-8-12-35(52)30(44)17-25)20-37(54)34-21-29(61-43(2,3)4)22-50(34)42(60)33(23-62)49-40(58)26(9-13-38(55)56)19-36(53)32(48-41(59)31(46)14-15-45)18-24-6-10-28(51)11-7-24;1-7-22(5)32(30(41)15-21(4)8-13-31(35)42)37-34(44)26(17-24-9-11-27(39)12-10-24)18-29(40)28(19-45)36-33(43)25(14-20(2)3)16-23(6)38;1-12(9-10-17)16(20)8-7-14-3-5-15(6-4-14)11-18-13(2)19/h6-8,10-12,17,26-27,29,31-34,51-52,62H,5,9,13-16,18-23,45-46H2,1-4H3,(H,47,57)(H,48,59)(H,49,58)(H,55,56);9-12,20-22,25-26,28,32,39,45H,7-8,13-19H2,1-6H3,(H2,35,42)(H,36,43)(H,37,44);3-6,12H,7-11,17H2,1-2H3,(H,18,19)/t26-,27+,29?,31-,32-,33-,34-;21-,22?,25?,26?,28+,32+;/m01./s1. The van der Waals surface area contributed by atoms with Crippen molar-refractivity contribution >= 4 is 125 Å². The number of ketones is 6. The Balaban J connectivity index is 0.000000555. The highest BCUT2D eigenvalue weighted by Gasteiger charge is 2.45. The number of thiol groups is 2. The molecule has 34 heteroatoms. The van der Waals surface area contributed by atoms with E-state index in [9.17, 15) is 92.3 Å². The minimum absolute atomic E-state index is 0.00373. The number of carboxylic acid groups (broad SMARTS) is 1. The number of amides is 8. The van der Waals surface area contributed by atoms with Crippen molar-refractivity contribution in [2.75, 3.05) is 37.7 Å². The first kappa shape index (κ1) is 112. The summed E-state index contributed by atoms with van der Waals surface area (Å²) < 4.78 is 6.21. The highest BCUT2D eigenvalue weighted by Crippen LogP contribution is 2.32. The van der Waals surface area contributed by atoms with Gasteiger partial charge < -0.3 is 89.7 Å². The Morgan fingerprint density at radius 3 is 1.61 bits per heavy atom. The Morgan fingerprint density at radius 2 is 1.08 bits per heavy atom. The predicted molar refractivity (Wildman–Crippen MR) is 492 cm³/mol. The van der Waals surface area contributed by atoms with Gasteiger partial charge in [-0.1, -0.05) is 114 Å². The SMILES string of the molecule is CC(=O)NCc1ccc(CCC(=O)C(C)CCN)cc1.CCC(C)[C@H](NC(=O)C(CC(=O)[C@H](CS)NC(=O)C(CC(C)=O)CC(C)C)Cc1ccc(O)cc1)C(=O)C[C@H](C)CCC(N)=O.CCNC(=O)[C@@H](CC(=O)[C@@H]1CC(OC(C)(C)C)CN1C(=O)[C@H](CS)NC(=O)[C@@H](CCC(=O)O)CC(=O)[C@H](Cc1ccc(O)cc1)NC(=O)[C@@H](N)CCN)Cc1ccc(O)c(Cl)c1. The van der Waals surface area contributed by atoms with Gasteiger partial charge in [-0.2, -0.15) is 25.3 Å². The van der Waals surface area contributed by atoms with Crippen LogP contribution in [0.25, 0.3) is 0 Å². The molecule has 1 fully saturated rings. The van der Waals surface area contributed by atoms with Crippen molar-refractivity contribution in [3.8, 4) is 17.2 Å². The molecule has 1 aliphatic heterocycles. The number of nitrogens with one attached hydrogen (secondary N) is 6. The van der Waals surface area contributed by atoms with Gasteiger partial charge >= 0.3 is 5.97 Å². The van der Waals surface area contributed by atoms with Crippen molar-refractivity contribution in [3.63, 3.8) is 0 Å². The van der Waals surface area contributed by atoms with Crippen molar-refractivity contribution < 1.29 is 97.1 Å². The minimum Gasteiger partial charge on any atom is -0.508 e. The molecule has 1 aliphatic rings. The summed E-state index contributed by atoms with van der Waals surface area (Å²) in [5.74, 6) is -10.6. The second kappa shape index (κ2) is 57.3. The lowest BCUT2D eigenvalue weighted by Crippen LogP contribution is -2.54. The number of aryl methyl sites for hydroxylation is 1. The molecule has 0 aliphatic carbocycles. The maximum Gasteiger partial charge on any atom is 0.303 e. The second-order valence-corrected chi connectivity index (χ2v) is 35.7. The number of likely N-dealkylation sites (tertiary alicyclic amines) is 1. The summed E-state index contributed by atoms with van der Waals surface area (Å²) in [7, 11) is 0. The van der Waals surface area contributed by atoms with Crippen molar-refractivity contribution in [1.29, 1.82) is 0 Å². The van der Waals surface area contributed by atoms with Gasteiger partial charge in [0.15, 0.2) is 23.1 Å². The van der Waals surface area contributed by atoms with Gasteiger partial charge in [0.2, 0.25) is 47.3 Å². The molecule has 4 aromatic carbocycles. The first-order valence-corrected chi connectivity index (χ1v) is 45.2. The lowest BCUT2D eigenvalue weighted by molar-refractivity contribution is -0.142. The van der Waals surface area contributed by atoms with Crippen LogP contribution in [0.5, 0.6) is 17.2 Å². The summed E-state index contributed by atoms with van der Waals surface area (Å²) in [6.45, 7) is 23.1. The van der Waals surface area contributed by atoms with E-state index in [0.29, 0.717) is 62.0 Å². The van der Waals surface area contributed by atoms with Crippen molar-refractivity contribution in [1.82, 2.24) is 36.8 Å². The number of halogens is 1. The molecule has 14 atom stereocenters. The zero-order chi connectivity index (χ0) is 95.5. The quantitative estimate of drug-likeness (QED) is 0.0187. The molecule has 18 N–H and O–H groups in total. The number of aliphatic carboxylic acids is 1. The largest absolute Gasteiger partial charge is 0.508 e. The van der Waals surface area contributed by atoms with Gasteiger partial charge in [-0.15, -0.1) is 0 Å². The number of carboxylic acids is 1. The molecule has 0 bridgehead atoms. The zero-order valence-electron chi connectivity index (χ0n) is 75.6. The van der Waals surface area contributed by atoms with Gasteiger partial charge in [0.1, 0.15) is 34.9 Å². The number of hydrogen-bond donors (Lipinski definition) is 16. The van der Waals surface area contributed by atoms with E-state index in [1.54, 1.807) is 37.3 Å². The first-order chi connectivity index (χ1) is 59.7. The number of rotatable bonds is 54. The zero-order valence-corrected chi connectivity index (χ0v) is 78.1. The number of primary amides is 1. The van der Waals surface area contributed by atoms with E-state index in [-0.39, 0.29) is 164 Å². The number of nitrogens with two attached hydrogens (primary N) is 4. The van der Waals surface area contributed by atoms with Crippen LogP contribution in [0.4, 0.5) is 0 Å². The van der Waals surface area contributed by atoms with Crippen molar-refractivity contribution in [2.24, 2.45) is 70.3 Å². The number of carbonyl (C=O) groups is 15. The van der Waals surface area contributed by atoms with E-state index in [4.69, 9.17) is 39.3 Å². The van der Waals surface area contributed by atoms with Gasteiger partial charge in [0.25, 0.3) is 0 Å². The Bertz CT molecular complexity index is 4270. The van der Waals surface area contributed by atoms with E-state index in [0.717, 1.165) is 24.0 Å². The van der Waals surface area contributed by atoms with Crippen LogP contribution in [-0.2, 0) is 109 Å². The molecule has 0 aromatic heterocycles. The summed E-state index contributed by atoms with van der Waals surface area (Å²) in [4.78, 5) is 195. The normalized spacial score (nSPS) is 15.9. The third-order valence-corrected chi connectivity index (χ3v) is 22.8. The minimum atomic E-state index is -1.34. The Morgan fingerprint density at radius 1 is 0.559 bits per heavy atom. The van der Waals surface area contributed by atoms with Crippen LogP contribution in [0.3, 0.4) is 0 Å². The van der Waals surface area contributed by atoms with E-state index >= 15 is 0 Å². The van der Waals surface area contributed by atoms with Crippen molar-refractivity contribution in [2.45, 2.75) is 260 Å². The number of nitrogens with zero attached hydrogens (tertiary/aromatic N) is 1. The van der Waals surface area contributed by atoms with Crippen LogP contribution in [0.15, 0.2) is 91.0 Å². The van der Waals surface area contributed by atoms with Gasteiger partial charge in [0, 0.05) is 125 Å². The van der Waals surface area contributed by atoms with E-state index < -0.39 is 149 Å². The highest BCUT2D eigenvalue weighted by atomic mass is 35.5. The number of aromatic hydroxyl groups is 3. The summed E-state index contributed by atoms with van der Waals surface area (Å²) in [6, 6.07) is 18.3. The van der Waals surface area contributed by atoms with Crippen LogP contribution >= 0.6 is 36.9 Å². The van der Waals surface area contributed by atoms with Crippen LogP contribution in [0.2, 0.25) is 5.02 Å². The molecule has 0 spiro atoms. The molecule has 5 unspecified atom stereocenters. The smallest absolute Gasteiger partial charge is 0.303 e. The molecule has 8 amide bonds. The number of Topliss-reactive ketones (excluding diaryl/α,β-unsaturated/α-hetero) is 6. The average molecular weight is 1830 g/mol. The molecule has 0 radical (unpaired) electrons. The van der Waals surface area contributed by atoms with Crippen molar-refractivity contribution in [3.05, 3.63) is 124 Å².